The van der Waals surface area contributed by atoms with E-state index in [1.54, 1.807) is 14.2 Å². The van der Waals surface area contributed by atoms with Crippen molar-refractivity contribution in [1.82, 2.24) is 0 Å². The molecular weight excluding hydrogens is 116 g/mol. The second-order valence-electron chi connectivity index (χ2n) is 1.92. The smallest absolute Gasteiger partial charge is 0.0910 e. The second-order valence-corrected chi connectivity index (χ2v) is 1.92. The van der Waals surface area contributed by atoms with Crippen molar-refractivity contribution < 1.29 is 9.47 Å². The van der Waals surface area contributed by atoms with Gasteiger partial charge in [0.25, 0.3) is 0 Å². The highest BCUT2D eigenvalue weighted by Gasteiger charge is 1.93. The van der Waals surface area contributed by atoms with Crippen LogP contribution in [0.4, 0.5) is 0 Å². The van der Waals surface area contributed by atoms with E-state index >= 15 is 0 Å². The van der Waals surface area contributed by atoms with E-state index in [2.05, 4.69) is 0 Å². The third-order valence-corrected chi connectivity index (χ3v) is 1.16. The van der Waals surface area contributed by atoms with Crippen molar-refractivity contribution in [3.05, 3.63) is 11.8 Å². The molecule has 0 bridgehead atoms. The van der Waals surface area contributed by atoms with E-state index in [0.717, 1.165) is 5.76 Å². The number of ether oxygens (including phenoxy) is 2. The molecule has 0 amide bonds. The second kappa shape index (κ2) is 4.39. The molecule has 0 aliphatic heterocycles. The summed E-state index contributed by atoms with van der Waals surface area (Å²) in [6.07, 6.45) is 2.06. The lowest BCUT2D eigenvalue weighted by Gasteiger charge is -2.04. The first-order valence-corrected chi connectivity index (χ1v) is 2.96. The molecule has 0 heterocycles. The van der Waals surface area contributed by atoms with Gasteiger partial charge in [-0.05, 0) is 19.9 Å². The highest BCUT2D eigenvalue weighted by molar-refractivity contribution is 4.92. The van der Waals surface area contributed by atoms with Gasteiger partial charge < -0.3 is 9.47 Å². The number of allylic oxidation sites excluding steroid dienone is 1. The predicted octanol–water partition coefficient (Wildman–Crippen LogP) is 1.57. The van der Waals surface area contributed by atoms with Crippen LogP contribution in [0.25, 0.3) is 0 Å². The molecule has 0 radical (unpaired) electrons. The molecule has 0 rings (SSSR count). The summed E-state index contributed by atoms with van der Waals surface area (Å²) in [5.41, 5.74) is 0. The molecule has 0 aliphatic carbocycles. The molecule has 0 N–H and O–H groups in total. The summed E-state index contributed by atoms with van der Waals surface area (Å²) in [6, 6.07) is 0. The van der Waals surface area contributed by atoms with E-state index in [9.17, 15) is 0 Å². The molecule has 0 aromatic heterocycles. The van der Waals surface area contributed by atoms with Crippen molar-refractivity contribution in [2.45, 2.75) is 20.0 Å². The Morgan fingerprint density at radius 3 is 2.33 bits per heavy atom. The number of hydrogen-bond acceptors (Lipinski definition) is 2. The van der Waals surface area contributed by atoms with Crippen LogP contribution >= 0.6 is 0 Å². The van der Waals surface area contributed by atoms with E-state index in [1.165, 1.54) is 0 Å². The number of hydrogen-bond donors (Lipinski definition) is 0. The summed E-state index contributed by atoms with van der Waals surface area (Å²) in [6.45, 7) is 3.86. The van der Waals surface area contributed by atoms with Crippen LogP contribution in [0.2, 0.25) is 0 Å². The number of methoxy groups -OCH3 is 2. The van der Waals surface area contributed by atoms with Gasteiger partial charge >= 0.3 is 0 Å². The Kier molecular flexibility index (Phi) is 4.14. The molecule has 0 spiro atoms. The summed E-state index contributed by atoms with van der Waals surface area (Å²) >= 11 is 0. The van der Waals surface area contributed by atoms with Gasteiger partial charge in [-0.1, -0.05) is 0 Å². The molecule has 54 valence electrons. The van der Waals surface area contributed by atoms with Crippen molar-refractivity contribution in [2.75, 3.05) is 14.2 Å². The van der Waals surface area contributed by atoms with Gasteiger partial charge in [0.1, 0.15) is 0 Å². The molecular formula is C7H14O2. The Hall–Kier alpha value is -0.500. The summed E-state index contributed by atoms with van der Waals surface area (Å²) in [7, 11) is 3.32. The van der Waals surface area contributed by atoms with Crippen LogP contribution < -0.4 is 0 Å². The SMILES string of the molecule is CO/C(C)=C/C(C)OC. The fourth-order valence-electron chi connectivity index (χ4n) is 0.467. The van der Waals surface area contributed by atoms with Crippen molar-refractivity contribution in [1.29, 1.82) is 0 Å². The van der Waals surface area contributed by atoms with E-state index < -0.39 is 0 Å². The highest BCUT2D eigenvalue weighted by Crippen LogP contribution is 1.97. The maximum atomic E-state index is 4.97. The van der Waals surface area contributed by atoms with Gasteiger partial charge in [-0.3, -0.25) is 0 Å². The maximum Gasteiger partial charge on any atom is 0.0910 e. The monoisotopic (exact) mass is 130 g/mol. The van der Waals surface area contributed by atoms with Gasteiger partial charge in [-0.15, -0.1) is 0 Å². The first-order chi connectivity index (χ1) is 4.20. The van der Waals surface area contributed by atoms with E-state index in [4.69, 9.17) is 9.47 Å². The summed E-state index contributed by atoms with van der Waals surface area (Å²) in [5.74, 6) is 0.893. The van der Waals surface area contributed by atoms with Crippen molar-refractivity contribution >= 4 is 0 Å². The first kappa shape index (κ1) is 8.50. The molecule has 1 unspecified atom stereocenters. The molecule has 0 aromatic rings. The zero-order valence-corrected chi connectivity index (χ0v) is 6.47. The summed E-state index contributed by atoms with van der Waals surface area (Å²) < 4.78 is 9.87. The lowest BCUT2D eigenvalue weighted by molar-refractivity contribution is 0.150. The number of rotatable bonds is 3. The standard InChI is InChI=1S/C7H14O2/c1-6(8-3)5-7(2)9-4/h5-6H,1-4H3/b7-5+. The Balaban J connectivity index is 3.64. The van der Waals surface area contributed by atoms with Crippen LogP contribution in [0, 0.1) is 0 Å². The molecule has 2 heteroatoms. The van der Waals surface area contributed by atoms with Crippen LogP contribution in [0.5, 0.6) is 0 Å². The van der Waals surface area contributed by atoms with Crippen LogP contribution in [-0.2, 0) is 9.47 Å². The minimum Gasteiger partial charge on any atom is -0.502 e. The third kappa shape index (κ3) is 4.03. The zero-order valence-electron chi connectivity index (χ0n) is 6.47. The lowest BCUT2D eigenvalue weighted by atomic mass is 10.3. The molecule has 0 aliphatic rings. The topological polar surface area (TPSA) is 18.5 Å². The fraction of sp³-hybridized carbons (Fsp3) is 0.714. The molecule has 0 fully saturated rings. The molecule has 1 atom stereocenters. The lowest BCUT2D eigenvalue weighted by Crippen LogP contribution is -2.00. The van der Waals surface area contributed by atoms with E-state index in [0.29, 0.717) is 0 Å². The minimum absolute atomic E-state index is 0.143. The van der Waals surface area contributed by atoms with Gasteiger partial charge in [-0.25, -0.2) is 0 Å². The van der Waals surface area contributed by atoms with Gasteiger partial charge in [0.2, 0.25) is 0 Å². The Morgan fingerprint density at radius 1 is 1.44 bits per heavy atom. The van der Waals surface area contributed by atoms with Gasteiger partial charge in [0.15, 0.2) is 0 Å². The first-order valence-electron chi connectivity index (χ1n) is 2.96. The predicted molar refractivity (Wildman–Crippen MR) is 37.2 cm³/mol. The Labute approximate surface area is 56.5 Å². The average molecular weight is 130 g/mol. The largest absolute Gasteiger partial charge is 0.502 e. The average Bonchev–Trinajstić information content (AvgIpc) is 1.87. The molecule has 2 nitrogen and oxygen atoms in total. The van der Waals surface area contributed by atoms with Crippen LogP contribution in [-0.4, -0.2) is 20.3 Å². The minimum atomic E-state index is 0.143. The molecule has 0 saturated carbocycles. The molecule has 0 saturated heterocycles. The normalized spacial score (nSPS) is 15.3. The van der Waals surface area contributed by atoms with E-state index in [1.807, 2.05) is 19.9 Å². The van der Waals surface area contributed by atoms with Crippen LogP contribution in [0.15, 0.2) is 11.8 Å². The van der Waals surface area contributed by atoms with Gasteiger partial charge in [0.05, 0.1) is 19.0 Å². The van der Waals surface area contributed by atoms with Gasteiger partial charge in [-0.2, -0.15) is 0 Å². The van der Waals surface area contributed by atoms with Crippen LogP contribution in [0.3, 0.4) is 0 Å². The maximum absolute atomic E-state index is 4.97. The van der Waals surface area contributed by atoms with Crippen molar-refractivity contribution in [3.8, 4) is 0 Å². The Morgan fingerprint density at radius 2 is 2.00 bits per heavy atom. The Bertz CT molecular complexity index is 97.1. The van der Waals surface area contributed by atoms with Crippen LogP contribution in [0.1, 0.15) is 13.8 Å². The quantitative estimate of drug-likeness (QED) is 0.540. The third-order valence-electron chi connectivity index (χ3n) is 1.16. The summed E-state index contributed by atoms with van der Waals surface area (Å²) in [4.78, 5) is 0. The van der Waals surface area contributed by atoms with Crippen molar-refractivity contribution in [2.24, 2.45) is 0 Å². The van der Waals surface area contributed by atoms with Crippen molar-refractivity contribution in [3.63, 3.8) is 0 Å². The molecule has 0 aromatic carbocycles. The summed E-state index contributed by atoms with van der Waals surface area (Å²) in [5, 5.41) is 0. The molecule has 9 heavy (non-hydrogen) atoms. The van der Waals surface area contributed by atoms with Gasteiger partial charge in [0, 0.05) is 7.11 Å². The van der Waals surface area contributed by atoms with E-state index in [-0.39, 0.29) is 6.10 Å². The zero-order chi connectivity index (χ0) is 7.28. The highest BCUT2D eigenvalue weighted by atomic mass is 16.5. The fourth-order valence-corrected chi connectivity index (χ4v) is 0.467.